The highest BCUT2D eigenvalue weighted by Gasteiger charge is 2.43. The molecule has 0 bridgehead atoms. The van der Waals surface area contributed by atoms with E-state index in [1.165, 1.54) is 0 Å². The molecule has 1 rings (SSSR count). The van der Waals surface area contributed by atoms with Crippen LogP contribution < -0.4 is 0 Å². The molecule has 5 atom stereocenters. The molecule has 132 valence electrons. The van der Waals surface area contributed by atoms with E-state index in [1.54, 1.807) is 6.92 Å². The average Bonchev–Trinajstić information content (AvgIpc) is 2.42. The standard InChI is InChI=1S/C15H24O8/c1-8-9(2-5-12(16)17)10(3-6-13(18)19)11(15(22)23-8)4-7-14(20)21/h8-11,15,22H,2-7H2,1H3,(H,16,17)(H,18,19)(H,20,21)/t8-,9-,10+,11-,15+/m0/s1. The highest BCUT2D eigenvalue weighted by atomic mass is 16.6. The Kier molecular flexibility index (Phi) is 7.44. The minimum Gasteiger partial charge on any atom is -0.481 e. The van der Waals surface area contributed by atoms with E-state index in [0.717, 1.165) is 0 Å². The topological polar surface area (TPSA) is 141 Å². The Morgan fingerprint density at radius 3 is 1.61 bits per heavy atom. The smallest absolute Gasteiger partial charge is 0.303 e. The molecule has 0 aromatic carbocycles. The first-order valence-electron chi connectivity index (χ1n) is 7.71. The molecule has 0 unspecified atom stereocenters. The van der Waals surface area contributed by atoms with Crippen LogP contribution in [0.4, 0.5) is 0 Å². The van der Waals surface area contributed by atoms with Crippen molar-refractivity contribution >= 4 is 17.9 Å². The highest BCUT2D eigenvalue weighted by Crippen LogP contribution is 2.42. The van der Waals surface area contributed by atoms with Gasteiger partial charge in [-0.2, -0.15) is 0 Å². The normalized spacial score (nSPS) is 30.8. The van der Waals surface area contributed by atoms with Crippen LogP contribution in [0.25, 0.3) is 0 Å². The van der Waals surface area contributed by atoms with Gasteiger partial charge in [-0.15, -0.1) is 0 Å². The lowest BCUT2D eigenvalue weighted by atomic mass is 9.70. The Labute approximate surface area is 134 Å². The molecule has 1 fully saturated rings. The van der Waals surface area contributed by atoms with E-state index in [1.807, 2.05) is 0 Å². The third-order valence-electron chi connectivity index (χ3n) is 4.50. The molecule has 8 nitrogen and oxygen atoms in total. The summed E-state index contributed by atoms with van der Waals surface area (Å²) < 4.78 is 5.44. The van der Waals surface area contributed by atoms with Crippen molar-refractivity contribution in [2.24, 2.45) is 17.8 Å². The number of hydrogen-bond acceptors (Lipinski definition) is 5. The summed E-state index contributed by atoms with van der Waals surface area (Å²) in [5.74, 6) is -3.97. The number of carboxylic acid groups (broad SMARTS) is 3. The molecule has 0 aromatic rings. The molecule has 23 heavy (non-hydrogen) atoms. The maximum atomic E-state index is 10.9. The summed E-state index contributed by atoms with van der Waals surface area (Å²) in [6, 6.07) is 0. The van der Waals surface area contributed by atoms with Gasteiger partial charge in [-0.05, 0) is 38.0 Å². The minimum absolute atomic E-state index is 0.0797. The summed E-state index contributed by atoms with van der Waals surface area (Å²) in [4.78, 5) is 32.5. The largest absolute Gasteiger partial charge is 0.481 e. The second-order valence-electron chi connectivity index (χ2n) is 6.02. The van der Waals surface area contributed by atoms with E-state index in [0.29, 0.717) is 6.42 Å². The van der Waals surface area contributed by atoms with Gasteiger partial charge in [0.15, 0.2) is 6.29 Å². The molecule has 0 aliphatic carbocycles. The Hall–Kier alpha value is -1.67. The van der Waals surface area contributed by atoms with Crippen molar-refractivity contribution in [3.63, 3.8) is 0 Å². The SMILES string of the molecule is C[C@@H]1O[C@@H](O)[C@@H](CCC(=O)O)[C@H](CCC(=O)O)[C@H]1CCC(=O)O. The van der Waals surface area contributed by atoms with Crippen molar-refractivity contribution in [3.8, 4) is 0 Å². The Morgan fingerprint density at radius 1 is 0.783 bits per heavy atom. The van der Waals surface area contributed by atoms with Crippen LogP contribution in [0, 0.1) is 17.8 Å². The summed E-state index contributed by atoms with van der Waals surface area (Å²) in [6.45, 7) is 1.72. The van der Waals surface area contributed by atoms with Crippen molar-refractivity contribution < 1.29 is 39.5 Å². The molecule has 1 aliphatic heterocycles. The summed E-state index contributed by atoms with van der Waals surface area (Å²) in [6.07, 6.45) is -1.20. The van der Waals surface area contributed by atoms with E-state index in [2.05, 4.69) is 0 Å². The van der Waals surface area contributed by atoms with Gasteiger partial charge in [-0.3, -0.25) is 14.4 Å². The van der Waals surface area contributed by atoms with Crippen LogP contribution in [0.2, 0.25) is 0 Å². The van der Waals surface area contributed by atoms with E-state index in [-0.39, 0.29) is 43.9 Å². The number of aliphatic carboxylic acids is 3. The predicted molar refractivity (Wildman–Crippen MR) is 77.6 cm³/mol. The Balaban J connectivity index is 2.90. The minimum atomic E-state index is -1.16. The second-order valence-corrected chi connectivity index (χ2v) is 6.02. The first-order chi connectivity index (χ1) is 10.7. The maximum absolute atomic E-state index is 10.9. The summed E-state index contributed by atoms with van der Waals surface area (Å²) >= 11 is 0. The summed E-state index contributed by atoms with van der Waals surface area (Å²) in [7, 11) is 0. The second kappa shape index (κ2) is 8.83. The molecule has 0 amide bonds. The number of aliphatic hydroxyl groups is 1. The third kappa shape index (κ3) is 6.15. The quantitative estimate of drug-likeness (QED) is 0.493. The molecule has 8 heteroatoms. The molecular formula is C15H24O8. The van der Waals surface area contributed by atoms with Crippen LogP contribution in [0.1, 0.15) is 45.4 Å². The van der Waals surface area contributed by atoms with Crippen molar-refractivity contribution in [1.29, 1.82) is 0 Å². The number of carbonyl (C=O) groups is 3. The molecule has 0 saturated carbocycles. The highest BCUT2D eigenvalue weighted by molar-refractivity contribution is 5.67. The van der Waals surface area contributed by atoms with Crippen LogP contribution in [0.5, 0.6) is 0 Å². The van der Waals surface area contributed by atoms with Gasteiger partial charge in [0.05, 0.1) is 6.10 Å². The first kappa shape index (κ1) is 19.4. The van der Waals surface area contributed by atoms with Gasteiger partial charge in [0.1, 0.15) is 0 Å². The van der Waals surface area contributed by atoms with Gasteiger partial charge in [0.2, 0.25) is 0 Å². The maximum Gasteiger partial charge on any atom is 0.303 e. The van der Waals surface area contributed by atoms with Crippen LogP contribution in [0.3, 0.4) is 0 Å². The lowest BCUT2D eigenvalue weighted by molar-refractivity contribution is -0.233. The van der Waals surface area contributed by atoms with Gasteiger partial charge in [0, 0.05) is 25.2 Å². The van der Waals surface area contributed by atoms with E-state index in [9.17, 15) is 19.5 Å². The number of rotatable bonds is 9. The fraction of sp³-hybridized carbons (Fsp3) is 0.800. The van der Waals surface area contributed by atoms with E-state index in [4.69, 9.17) is 20.1 Å². The molecule has 1 saturated heterocycles. The first-order valence-corrected chi connectivity index (χ1v) is 7.71. The summed E-state index contributed by atoms with van der Waals surface area (Å²) in [5, 5.41) is 36.7. The molecule has 1 heterocycles. The van der Waals surface area contributed by atoms with Crippen LogP contribution in [-0.2, 0) is 19.1 Å². The Bertz CT molecular complexity index is 405. The number of ether oxygens (including phenoxy) is 1. The molecule has 0 aromatic heterocycles. The van der Waals surface area contributed by atoms with Crippen LogP contribution in [0.15, 0.2) is 0 Å². The summed E-state index contributed by atoms with van der Waals surface area (Å²) in [5.41, 5.74) is 0. The number of aliphatic hydroxyl groups excluding tert-OH is 1. The van der Waals surface area contributed by atoms with Crippen LogP contribution in [-0.4, -0.2) is 50.7 Å². The Morgan fingerprint density at radius 2 is 1.17 bits per heavy atom. The van der Waals surface area contributed by atoms with Crippen molar-refractivity contribution in [3.05, 3.63) is 0 Å². The third-order valence-corrected chi connectivity index (χ3v) is 4.50. The van der Waals surface area contributed by atoms with E-state index >= 15 is 0 Å². The molecule has 0 spiro atoms. The zero-order valence-electron chi connectivity index (χ0n) is 13.1. The van der Waals surface area contributed by atoms with Crippen molar-refractivity contribution in [2.75, 3.05) is 0 Å². The van der Waals surface area contributed by atoms with Gasteiger partial charge >= 0.3 is 17.9 Å². The molecule has 0 radical (unpaired) electrons. The fourth-order valence-electron chi connectivity index (χ4n) is 3.40. The van der Waals surface area contributed by atoms with Crippen molar-refractivity contribution in [1.82, 2.24) is 0 Å². The molecule has 4 N–H and O–H groups in total. The van der Waals surface area contributed by atoms with Gasteiger partial charge in [0.25, 0.3) is 0 Å². The lowest BCUT2D eigenvalue weighted by Gasteiger charge is -2.44. The number of carboxylic acids is 3. The average molecular weight is 332 g/mol. The molecular weight excluding hydrogens is 308 g/mol. The zero-order valence-corrected chi connectivity index (χ0v) is 13.1. The fourth-order valence-corrected chi connectivity index (χ4v) is 3.40. The van der Waals surface area contributed by atoms with Crippen LogP contribution >= 0.6 is 0 Å². The van der Waals surface area contributed by atoms with Gasteiger partial charge < -0.3 is 25.2 Å². The number of hydrogen-bond donors (Lipinski definition) is 4. The van der Waals surface area contributed by atoms with Gasteiger partial charge in [-0.1, -0.05) is 0 Å². The monoisotopic (exact) mass is 332 g/mol. The van der Waals surface area contributed by atoms with Crippen molar-refractivity contribution in [2.45, 2.75) is 57.8 Å². The lowest BCUT2D eigenvalue weighted by Crippen LogP contribution is -2.47. The molecule has 1 aliphatic rings. The van der Waals surface area contributed by atoms with Gasteiger partial charge in [-0.25, -0.2) is 0 Å². The predicted octanol–water partition coefficient (Wildman–Crippen LogP) is 1.17. The zero-order chi connectivity index (χ0) is 17.6. The van der Waals surface area contributed by atoms with E-state index < -0.39 is 36.2 Å².